The molecule has 0 spiro atoms. The first kappa shape index (κ1) is 19.4. The lowest BCUT2D eigenvalue weighted by molar-refractivity contribution is -0.137. The summed E-state index contributed by atoms with van der Waals surface area (Å²) in [5.41, 5.74) is 1.54. The number of hydrogen-bond acceptors (Lipinski definition) is 4. The van der Waals surface area contributed by atoms with Crippen LogP contribution >= 0.6 is 11.6 Å². The summed E-state index contributed by atoms with van der Waals surface area (Å²) >= 11 is 6.29. The summed E-state index contributed by atoms with van der Waals surface area (Å²) in [6, 6.07) is 9.52. The summed E-state index contributed by atoms with van der Waals surface area (Å²) < 4.78 is 1.91. The number of aliphatic hydroxyl groups is 1. The number of aromatic nitrogens is 3. The summed E-state index contributed by atoms with van der Waals surface area (Å²) in [7, 11) is 1.66. The maximum absolute atomic E-state index is 12.1. The van der Waals surface area contributed by atoms with Gasteiger partial charge in [-0.25, -0.2) is 4.98 Å². The molecule has 1 amide bonds. The third-order valence-corrected chi connectivity index (χ3v) is 5.31. The van der Waals surface area contributed by atoms with E-state index in [4.69, 9.17) is 11.6 Å². The van der Waals surface area contributed by atoms with Gasteiger partial charge in [0.05, 0.1) is 17.4 Å². The molecule has 0 bridgehead atoms. The smallest absolute Gasteiger partial charge is 0.267 e. The van der Waals surface area contributed by atoms with E-state index in [1.165, 1.54) is 4.90 Å². The lowest BCUT2D eigenvalue weighted by Gasteiger charge is -2.13. The predicted octanol–water partition coefficient (Wildman–Crippen LogP) is 3.28. The number of carbonyl (C=O) groups excluding carboxylic acids is 1. The van der Waals surface area contributed by atoms with E-state index in [1.807, 2.05) is 35.0 Å². The number of pyridine rings is 1. The quantitative estimate of drug-likeness (QED) is 0.521. The Morgan fingerprint density at radius 1 is 1.31 bits per heavy atom. The number of carbonyl (C=O) groups is 1. The molecule has 0 radical (unpaired) electrons. The largest absolute Gasteiger partial charge is 0.369 e. The molecule has 148 valence electrons. The van der Waals surface area contributed by atoms with Crippen LogP contribution in [0.2, 0.25) is 5.15 Å². The number of halogens is 1. The third kappa shape index (κ3) is 3.48. The highest BCUT2D eigenvalue weighted by Crippen LogP contribution is 2.31. The van der Waals surface area contributed by atoms with E-state index >= 15 is 0 Å². The Morgan fingerprint density at radius 3 is 2.79 bits per heavy atom. The van der Waals surface area contributed by atoms with Crippen molar-refractivity contribution in [1.29, 1.82) is 0 Å². The van der Waals surface area contributed by atoms with Crippen LogP contribution < -0.4 is 0 Å². The van der Waals surface area contributed by atoms with Gasteiger partial charge in [-0.15, -0.1) is 0 Å². The number of rotatable bonds is 2. The number of nitrogens with zero attached hydrogens (tertiary/aromatic N) is 4. The number of fused-ring (bicyclic) bond motifs is 1. The first-order chi connectivity index (χ1) is 13.8. The summed E-state index contributed by atoms with van der Waals surface area (Å²) in [5.74, 6) is 5.34. The van der Waals surface area contributed by atoms with Crippen LogP contribution in [-0.4, -0.2) is 49.9 Å². The maximum atomic E-state index is 12.1. The second-order valence-electron chi connectivity index (χ2n) is 7.58. The standard InChI is InChI=1S/C22H21ClN4O2/c1-14(2)27-18-12-19(23)25-20(17(18)13-24-27)16-6-4-5-15(11-16)7-8-22(29)9-10-26(3)21(22)28/h4-6,11-14,29H,9-10H2,1-3H3/t22-/m0/s1. The van der Waals surface area contributed by atoms with Crippen molar-refractivity contribution in [3.63, 3.8) is 0 Å². The molecule has 7 heteroatoms. The van der Waals surface area contributed by atoms with E-state index in [-0.39, 0.29) is 11.9 Å². The van der Waals surface area contributed by atoms with E-state index < -0.39 is 5.60 Å². The van der Waals surface area contributed by atoms with Crippen LogP contribution in [0.15, 0.2) is 36.5 Å². The van der Waals surface area contributed by atoms with Crippen LogP contribution in [0.1, 0.15) is 31.9 Å². The predicted molar refractivity (Wildman–Crippen MR) is 112 cm³/mol. The van der Waals surface area contributed by atoms with E-state index in [0.717, 1.165) is 22.2 Å². The van der Waals surface area contributed by atoms with Gasteiger partial charge < -0.3 is 10.0 Å². The van der Waals surface area contributed by atoms with Crippen molar-refractivity contribution >= 4 is 28.4 Å². The molecule has 0 unspecified atom stereocenters. The molecular formula is C22H21ClN4O2. The summed E-state index contributed by atoms with van der Waals surface area (Å²) in [6.45, 7) is 4.61. The van der Waals surface area contributed by atoms with Gasteiger partial charge in [0.2, 0.25) is 5.60 Å². The molecule has 1 aromatic carbocycles. The third-order valence-electron chi connectivity index (χ3n) is 5.11. The molecule has 29 heavy (non-hydrogen) atoms. The van der Waals surface area contributed by atoms with Crippen molar-refractivity contribution in [2.45, 2.75) is 31.9 Å². The van der Waals surface area contributed by atoms with Gasteiger partial charge in [0, 0.05) is 48.6 Å². The van der Waals surface area contributed by atoms with E-state index in [1.54, 1.807) is 13.2 Å². The number of likely N-dealkylation sites (N-methyl/N-ethyl adjacent to an activating group) is 1. The van der Waals surface area contributed by atoms with Crippen LogP contribution in [0.5, 0.6) is 0 Å². The Hall–Kier alpha value is -2.88. The van der Waals surface area contributed by atoms with Gasteiger partial charge in [-0.05, 0) is 26.0 Å². The van der Waals surface area contributed by atoms with Crippen LogP contribution in [0.4, 0.5) is 0 Å². The molecule has 2 aromatic heterocycles. The van der Waals surface area contributed by atoms with Gasteiger partial charge in [-0.2, -0.15) is 5.10 Å². The molecule has 1 atom stereocenters. The van der Waals surface area contributed by atoms with E-state index in [2.05, 4.69) is 35.8 Å². The molecule has 0 saturated carbocycles. The van der Waals surface area contributed by atoms with Crippen LogP contribution in [0.25, 0.3) is 22.2 Å². The van der Waals surface area contributed by atoms with Crippen molar-refractivity contribution < 1.29 is 9.90 Å². The Labute approximate surface area is 174 Å². The Kier molecular flexibility index (Phi) is 4.81. The highest BCUT2D eigenvalue weighted by molar-refractivity contribution is 6.30. The molecular weight excluding hydrogens is 388 g/mol. The van der Waals surface area contributed by atoms with Crippen molar-refractivity contribution in [3.05, 3.63) is 47.2 Å². The fourth-order valence-corrected chi connectivity index (χ4v) is 3.72. The minimum absolute atomic E-state index is 0.193. The van der Waals surface area contributed by atoms with Gasteiger partial charge in [-0.1, -0.05) is 35.6 Å². The summed E-state index contributed by atoms with van der Waals surface area (Å²) in [6.07, 6.45) is 2.10. The summed E-state index contributed by atoms with van der Waals surface area (Å²) in [4.78, 5) is 18.1. The van der Waals surface area contributed by atoms with Gasteiger partial charge in [-0.3, -0.25) is 9.48 Å². The SMILES string of the molecule is CC(C)n1ncc2c(-c3cccc(C#C[C@]4(O)CCN(C)C4=O)c3)nc(Cl)cc21. The van der Waals surface area contributed by atoms with Crippen LogP contribution in [0, 0.1) is 11.8 Å². The zero-order valence-corrected chi connectivity index (χ0v) is 17.2. The molecule has 3 heterocycles. The fraction of sp³-hybridized carbons (Fsp3) is 0.318. The Balaban J connectivity index is 1.76. The monoisotopic (exact) mass is 408 g/mol. The maximum Gasteiger partial charge on any atom is 0.267 e. The van der Waals surface area contributed by atoms with Crippen molar-refractivity contribution in [2.24, 2.45) is 0 Å². The molecule has 1 N–H and O–H groups in total. The molecule has 1 fully saturated rings. The van der Waals surface area contributed by atoms with Crippen LogP contribution in [0.3, 0.4) is 0 Å². The number of hydrogen-bond donors (Lipinski definition) is 1. The zero-order valence-electron chi connectivity index (χ0n) is 16.5. The Bertz CT molecular complexity index is 1170. The normalized spacial score (nSPS) is 19.1. The van der Waals surface area contributed by atoms with Crippen molar-refractivity contribution in [1.82, 2.24) is 19.7 Å². The van der Waals surface area contributed by atoms with E-state index in [9.17, 15) is 9.90 Å². The number of likely N-dealkylation sites (tertiary alicyclic amines) is 1. The molecule has 1 aliphatic rings. The minimum Gasteiger partial charge on any atom is -0.369 e. The molecule has 1 aliphatic heterocycles. The lowest BCUT2D eigenvalue weighted by Crippen LogP contribution is -2.37. The van der Waals surface area contributed by atoms with Gasteiger partial charge >= 0.3 is 0 Å². The molecule has 6 nitrogen and oxygen atoms in total. The molecule has 1 saturated heterocycles. The number of benzene rings is 1. The first-order valence-electron chi connectivity index (χ1n) is 9.44. The molecule has 3 aromatic rings. The number of amides is 1. The van der Waals surface area contributed by atoms with Crippen molar-refractivity contribution in [2.75, 3.05) is 13.6 Å². The van der Waals surface area contributed by atoms with Gasteiger partial charge in [0.1, 0.15) is 5.15 Å². The van der Waals surface area contributed by atoms with Gasteiger partial charge in [0.25, 0.3) is 5.91 Å². The second-order valence-corrected chi connectivity index (χ2v) is 7.96. The van der Waals surface area contributed by atoms with Gasteiger partial charge in [0.15, 0.2) is 0 Å². The van der Waals surface area contributed by atoms with Crippen molar-refractivity contribution in [3.8, 4) is 23.1 Å². The van der Waals surface area contributed by atoms with Crippen LogP contribution in [-0.2, 0) is 4.79 Å². The highest BCUT2D eigenvalue weighted by atomic mass is 35.5. The first-order valence-corrected chi connectivity index (χ1v) is 9.81. The topological polar surface area (TPSA) is 71.2 Å². The Morgan fingerprint density at radius 2 is 2.10 bits per heavy atom. The zero-order chi connectivity index (χ0) is 20.8. The average molecular weight is 409 g/mol. The minimum atomic E-state index is -1.62. The highest BCUT2D eigenvalue weighted by Gasteiger charge is 2.42. The van der Waals surface area contributed by atoms with E-state index in [0.29, 0.717) is 23.7 Å². The summed E-state index contributed by atoms with van der Waals surface area (Å²) in [5, 5.41) is 16.3. The second kappa shape index (κ2) is 7.18. The average Bonchev–Trinajstić information content (AvgIpc) is 3.23. The lowest BCUT2D eigenvalue weighted by atomic mass is 10.0. The molecule has 0 aliphatic carbocycles. The fourth-order valence-electron chi connectivity index (χ4n) is 3.53. The molecule has 4 rings (SSSR count).